The average molecular weight is 441 g/mol. The number of carbonyl (C=O) groups is 2. The average Bonchev–Trinajstić information content (AvgIpc) is 2.74. The first kappa shape index (κ1) is 22.5. The van der Waals surface area contributed by atoms with Gasteiger partial charge in [-0.25, -0.2) is 13.2 Å². The maximum absolute atomic E-state index is 12.9. The third kappa shape index (κ3) is 4.92. The topological polar surface area (TPSA) is 92.8 Å². The van der Waals surface area contributed by atoms with Crippen LogP contribution in [0.3, 0.4) is 0 Å². The summed E-state index contributed by atoms with van der Waals surface area (Å²) >= 11 is 0. The number of fused-ring (bicyclic) bond motifs is 1. The first-order valence-corrected chi connectivity index (χ1v) is 11.2. The van der Waals surface area contributed by atoms with E-state index < -0.39 is 21.9 Å². The van der Waals surface area contributed by atoms with E-state index in [2.05, 4.69) is 5.32 Å². The quantitative estimate of drug-likeness (QED) is 0.567. The molecule has 162 valence electrons. The number of sulfonamides is 1. The number of ether oxygens (including phenoxy) is 1. The van der Waals surface area contributed by atoms with Crippen molar-refractivity contribution >= 4 is 38.4 Å². The smallest absolute Gasteiger partial charge is 0.338 e. The van der Waals surface area contributed by atoms with Crippen LogP contribution >= 0.6 is 0 Å². The zero-order valence-electron chi connectivity index (χ0n) is 17.6. The van der Waals surface area contributed by atoms with Crippen molar-refractivity contribution < 1.29 is 22.7 Å². The summed E-state index contributed by atoms with van der Waals surface area (Å²) < 4.78 is 31.9. The number of rotatable bonds is 7. The van der Waals surface area contributed by atoms with Crippen LogP contribution in [0.5, 0.6) is 0 Å². The molecule has 0 saturated carbocycles. The molecule has 31 heavy (non-hydrogen) atoms. The van der Waals surface area contributed by atoms with Crippen molar-refractivity contribution in [3.63, 3.8) is 0 Å². The molecule has 1 amide bonds. The normalized spacial score (nSPS) is 11.5. The van der Waals surface area contributed by atoms with Crippen molar-refractivity contribution in [1.82, 2.24) is 4.31 Å². The molecule has 0 aliphatic rings. The van der Waals surface area contributed by atoms with E-state index in [1.807, 2.05) is 24.3 Å². The highest BCUT2D eigenvalue weighted by Gasteiger charge is 2.24. The zero-order chi connectivity index (χ0) is 22.6. The summed E-state index contributed by atoms with van der Waals surface area (Å²) in [5.74, 6) is -0.997. The van der Waals surface area contributed by atoms with Gasteiger partial charge in [-0.3, -0.25) is 4.79 Å². The third-order valence-electron chi connectivity index (χ3n) is 4.90. The van der Waals surface area contributed by atoms with Crippen LogP contribution in [-0.2, 0) is 19.6 Å². The van der Waals surface area contributed by atoms with E-state index in [9.17, 15) is 18.0 Å². The minimum absolute atomic E-state index is 0.113. The van der Waals surface area contributed by atoms with Crippen molar-refractivity contribution in [3.05, 3.63) is 71.8 Å². The van der Waals surface area contributed by atoms with Gasteiger partial charge in [-0.05, 0) is 54.4 Å². The molecule has 0 radical (unpaired) electrons. The van der Waals surface area contributed by atoms with Gasteiger partial charge in [-0.1, -0.05) is 36.4 Å². The van der Waals surface area contributed by atoms with Crippen molar-refractivity contribution in [2.75, 3.05) is 25.5 Å². The van der Waals surface area contributed by atoms with E-state index >= 15 is 0 Å². The number of nitrogens with zero attached hydrogens (tertiary/aromatic N) is 1. The molecule has 8 heteroatoms. The Morgan fingerprint density at radius 2 is 1.71 bits per heavy atom. The minimum Gasteiger partial charge on any atom is -0.462 e. The van der Waals surface area contributed by atoms with Gasteiger partial charge in [0, 0.05) is 12.7 Å². The van der Waals surface area contributed by atoms with Gasteiger partial charge in [0.25, 0.3) is 0 Å². The summed E-state index contributed by atoms with van der Waals surface area (Å²) in [6, 6.07) is 17.2. The van der Waals surface area contributed by atoms with Gasteiger partial charge in [0.1, 0.15) is 0 Å². The number of hydrogen-bond donors (Lipinski definition) is 1. The van der Waals surface area contributed by atoms with Gasteiger partial charge < -0.3 is 10.1 Å². The molecule has 0 aromatic heterocycles. The van der Waals surface area contributed by atoms with Crippen molar-refractivity contribution in [2.24, 2.45) is 0 Å². The second kappa shape index (κ2) is 9.28. The number of nitrogens with one attached hydrogen (secondary N) is 1. The predicted octanol–water partition coefficient (Wildman–Crippen LogP) is 3.58. The monoisotopic (exact) mass is 440 g/mol. The van der Waals surface area contributed by atoms with E-state index in [4.69, 9.17) is 4.74 Å². The Morgan fingerprint density at radius 1 is 1.00 bits per heavy atom. The zero-order valence-corrected chi connectivity index (χ0v) is 18.4. The van der Waals surface area contributed by atoms with Crippen LogP contribution in [-0.4, -0.2) is 44.8 Å². The SMILES string of the molecule is CCOC(=O)c1cccc(NC(=O)CN(C)S(=O)(=O)c2ccc3ccccc3c2)c1C. The van der Waals surface area contributed by atoms with E-state index in [1.165, 1.54) is 13.1 Å². The fourth-order valence-electron chi connectivity index (χ4n) is 3.19. The Bertz CT molecular complexity index is 1240. The van der Waals surface area contributed by atoms with E-state index in [0.717, 1.165) is 15.1 Å². The molecule has 3 aromatic carbocycles. The van der Waals surface area contributed by atoms with Crippen LogP contribution in [0.1, 0.15) is 22.8 Å². The van der Waals surface area contributed by atoms with Gasteiger partial charge >= 0.3 is 5.97 Å². The van der Waals surface area contributed by atoms with Crippen molar-refractivity contribution in [1.29, 1.82) is 0 Å². The molecule has 3 aromatic rings. The van der Waals surface area contributed by atoms with Crippen molar-refractivity contribution in [2.45, 2.75) is 18.7 Å². The molecule has 0 bridgehead atoms. The molecule has 7 nitrogen and oxygen atoms in total. The number of likely N-dealkylation sites (N-methyl/N-ethyl adjacent to an activating group) is 1. The van der Waals surface area contributed by atoms with Crippen LogP contribution in [0.15, 0.2) is 65.6 Å². The maximum atomic E-state index is 12.9. The summed E-state index contributed by atoms with van der Waals surface area (Å²) in [7, 11) is -2.51. The van der Waals surface area contributed by atoms with Gasteiger partial charge in [-0.15, -0.1) is 0 Å². The fraction of sp³-hybridized carbons (Fsp3) is 0.217. The number of carbonyl (C=O) groups excluding carboxylic acids is 2. The van der Waals surface area contributed by atoms with E-state index in [-0.39, 0.29) is 18.0 Å². The molecule has 0 aliphatic carbocycles. The number of hydrogen-bond acceptors (Lipinski definition) is 5. The first-order valence-electron chi connectivity index (χ1n) is 9.75. The first-order chi connectivity index (χ1) is 14.7. The summed E-state index contributed by atoms with van der Waals surface area (Å²) in [6.45, 7) is 3.27. The number of amides is 1. The standard InChI is InChI=1S/C23H24N2O5S/c1-4-30-23(27)20-10-7-11-21(16(20)2)24-22(26)15-25(3)31(28,29)19-13-12-17-8-5-6-9-18(17)14-19/h5-14H,4,15H2,1-3H3,(H,24,26). The molecule has 0 aliphatic heterocycles. The van der Waals surface area contributed by atoms with Gasteiger partial charge in [0.2, 0.25) is 15.9 Å². The highest BCUT2D eigenvalue weighted by molar-refractivity contribution is 7.89. The fourth-order valence-corrected chi connectivity index (χ4v) is 4.35. The predicted molar refractivity (Wildman–Crippen MR) is 120 cm³/mol. The molecular weight excluding hydrogens is 416 g/mol. The molecular formula is C23H24N2O5S. The Labute approximate surface area is 181 Å². The lowest BCUT2D eigenvalue weighted by Gasteiger charge is -2.18. The Kier molecular flexibility index (Phi) is 6.72. The summed E-state index contributed by atoms with van der Waals surface area (Å²) in [5, 5.41) is 4.41. The third-order valence-corrected chi connectivity index (χ3v) is 6.70. The number of esters is 1. The Morgan fingerprint density at radius 3 is 2.42 bits per heavy atom. The largest absolute Gasteiger partial charge is 0.462 e. The molecule has 0 saturated heterocycles. The molecule has 0 spiro atoms. The maximum Gasteiger partial charge on any atom is 0.338 e. The lowest BCUT2D eigenvalue weighted by atomic mass is 10.1. The minimum atomic E-state index is -3.86. The summed E-state index contributed by atoms with van der Waals surface area (Å²) in [6.07, 6.45) is 0. The van der Waals surface area contributed by atoms with Crippen LogP contribution in [0, 0.1) is 6.92 Å². The van der Waals surface area contributed by atoms with Gasteiger partial charge in [0.15, 0.2) is 0 Å². The van der Waals surface area contributed by atoms with Gasteiger partial charge in [-0.2, -0.15) is 4.31 Å². The Hall–Kier alpha value is -3.23. The van der Waals surface area contributed by atoms with Crippen LogP contribution in [0.4, 0.5) is 5.69 Å². The van der Waals surface area contributed by atoms with Crippen LogP contribution in [0.2, 0.25) is 0 Å². The molecule has 0 heterocycles. The lowest BCUT2D eigenvalue weighted by molar-refractivity contribution is -0.116. The molecule has 0 atom stereocenters. The van der Waals surface area contributed by atoms with E-state index in [0.29, 0.717) is 16.8 Å². The van der Waals surface area contributed by atoms with Crippen LogP contribution in [0.25, 0.3) is 10.8 Å². The summed E-state index contributed by atoms with van der Waals surface area (Å²) in [4.78, 5) is 24.7. The Balaban J connectivity index is 1.75. The van der Waals surface area contributed by atoms with Gasteiger partial charge in [0.05, 0.1) is 23.6 Å². The second-order valence-corrected chi connectivity index (χ2v) is 9.06. The molecule has 0 unspecified atom stereocenters. The number of anilines is 1. The number of benzene rings is 3. The van der Waals surface area contributed by atoms with Crippen molar-refractivity contribution in [3.8, 4) is 0 Å². The lowest BCUT2D eigenvalue weighted by Crippen LogP contribution is -2.35. The molecule has 0 fully saturated rings. The van der Waals surface area contributed by atoms with Crippen LogP contribution < -0.4 is 5.32 Å². The highest BCUT2D eigenvalue weighted by Crippen LogP contribution is 2.22. The molecule has 1 N–H and O–H groups in total. The highest BCUT2D eigenvalue weighted by atomic mass is 32.2. The molecule has 3 rings (SSSR count). The summed E-state index contributed by atoms with van der Waals surface area (Å²) in [5.41, 5.74) is 1.32. The van der Waals surface area contributed by atoms with E-state index in [1.54, 1.807) is 44.2 Å². The second-order valence-electron chi connectivity index (χ2n) is 7.02.